The summed E-state index contributed by atoms with van der Waals surface area (Å²) in [6, 6.07) is 11.1. The molecule has 0 fully saturated rings. The molecular formula is C15H15ClN2O2. The highest BCUT2D eigenvalue weighted by Crippen LogP contribution is 2.23. The van der Waals surface area contributed by atoms with Gasteiger partial charge in [-0.2, -0.15) is 0 Å². The van der Waals surface area contributed by atoms with Crippen LogP contribution in [0.4, 0.5) is 5.69 Å². The van der Waals surface area contributed by atoms with Gasteiger partial charge in [0.15, 0.2) is 0 Å². The molecule has 0 aliphatic rings. The van der Waals surface area contributed by atoms with E-state index in [0.29, 0.717) is 12.3 Å². The van der Waals surface area contributed by atoms with Crippen LogP contribution in [0.5, 0.6) is 5.75 Å². The first-order valence-electron chi connectivity index (χ1n) is 6.14. The smallest absolute Gasteiger partial charge is 0.242 e. The van der Waals surface area contributed by atoms with Crippen LogP contribution in [-0.2, 0) is 11.3 Å². The van der Waals surface area contributed by atoms with Gasteiger partial charge >= 0.3 is 0 Å². The fourth-order valence-electron chi connectivity index (χ4n) is 1.85. The van der Waals surface area contributed by atoms with E-state index in [4.69, 9.17) is 16.3 Å². The molecule has 0 saturated carbocycles. The Bertz CT molecular complexity index is 575. The number of ether oxygens (including phenoxy) is 1. The maximum absolute atomic E-state index is 12.0. The minimum Gasteiger partial charge on any atom is -0.497 e. The van der Waals surface area contributed by atoms with E-state index in [0.717, 1.165) is 11.3 Å². The first-order chi connectivity index (χ1) is 9.74. The molecule has 1 aromatic heterocycles. The Hall–Kier alpha value is -2.07. The molecule has 4 nitrogen and oxygen atoms in total. The van der Waals surface area contributed by atoms with Crippen molar-refractivity contribution in [1.82, 2.24) is 4.98 Å². The van der Waals surface area contributed by atoms with Crippen LogP contribution in [0.25, 0.3) is 0 Å². The van der Waals surface area contributed by atoms with Gasteiger partial charge in [0.25, 0.3) is 0 Å². The summed E-state index contributed by atoms with van der Waals surface area (Å²) in [6.07, 6.45) is 3.43. The summed E-state index contributed by atoms with van der Waals surface area (Å²) >= 11 is 5.70. The Balaban J connectivity index is 2.29. The predicted octanol–water partition coefficient (Wildman–Crippen LogP) is 2.86. The summed E-state index contributed by atoms with van der Waals surface area (Å²) < 4.78 is 5.19. The number of anilines is 1. The third kappa shape index (κ3) is 3.48. The van der Waals surface area contributed by atoms with E-state index in [9.17, 15) is 4.79 Å². The van der Waals surface area contributed by atoms with Gasteiger partial charge in [0.1, 0.15) is 11.6 Å². The molecule has 20 heavy (non-hydrogen) atoms. The maximum atomic E-state index is 12.0. The van der Waals surface area contributed by atoms with Gasteiger partial charge in [-0.15, -0.1) is 11.6 Å². The third-order valence-electron chi connectivity index (χ3n) is 2.84. The minimum absolute atomic E-state index is 0.0720. The number of nitrogens with zero attached hydrogens (tertiary/aromatic N) is 2. The molecule has 0 N–H and O–H groups in total. The number of hydrogen-bond donors (Lipinski definition) is 0. The first-order valence-corrected chi connectivity index (χ1v) is 6.67. The second-order valence-corrected chi connectivity index (χ2v) is 4.44. The van der Waals surface area contributed by atoms with Gasteiger partial charge in [-0.25, -0.2) is 0 Å². The van der Waals surface area contributed by atoms with Crippen LogP contribution in [-0.4, -0.2) is 23.9 Å². The second-order valence-electron chi connectivity index (χ2n) is 4.18. The first kappa shape index (κ1) is 14.3. The molecular weight excluding hydrogens is 276 g/mol. The minimum atomic E-state index is -0.163. The van der Waals surface area contributed by atoms with Crippen molar-refractivity contribution in [1.29, 1.82) is 0 Å². The van der Waals surface area contributed by atoms with E-state index in [2.05, 4.69) is 4.98 Å². The van der Waals surface area contributed by atoms with E-state index in [1.165, 1.54) is 0 Å². The lowest BCUT2D eigenvalue weighted by Gasteiger charge is -2.22. The SMILES string of the molecule is COc1cccc(N(Cc2cccnc2)C(=O)CCl)c1. The molecule has 1 aromatic carbocycles. The van der Waals surface area contributed by atoms with Crippen molar-refractivity contribution in [2.45, 2.75) is 6.54 Å². The van der Waals surface area contributed by atoms with Gasteiger partial charge in [-0.05, 0) is 23.8 Å². The van der Waals surface area contributed by atoms with Crippen molar-refractivity contribution in [3.05, 3.63) is 54.4 Å². The predicted molar refractivity (Wildman–Crippen MR) is 79.1 cm³/mol. The van der Waals surface area contributed by atoms with E-state index in [1.807, 2.05) is 30.3 Å². The molecule has 0 radical (unpaired) electrons. The van der Waals surface area contributed by atoms with Crippen molar-refractivity contribution in [3.8, 4) is 5.75 Å². The zero-order chi connectivity index (χ0) is 14.4. The van der Waals surface area contributed by atoms with Crippen molar-refractivity contribution >= 4 is 23.2 Å². The number of hydrogen-bond acceptors (Lipinski definition) is 3. The molecule has 0 aliphatic heterocycles. The van der Waals surface area contributed by atoms with Crippen LogP contribution in [0.15, 0.2) is 48.8 Å². The Morgan fingerprint density at radius 2 is 2.20 bits per heavy atom. The monoisotopic (exact) mass is 290 g/mol. The fraction of sp³-hybridized carbons (Fsp3) is 0.200. The molecule has 1 amide bonds. The van der Waals surface area contributed by atoms with Crippen molar-refractivity contribution in [3.63, 3.8) is 0 Å². The third-order valence-corrected chi connectivity index (χ3v) is 3.07. The number of alkyl halides is 1. The Morgan fingerprint density at radius 1 is 1.35 bits per heavy atom. The number of benzene rings is 1. The van der Waals surface area contributed by atoms with Crippen LogP contribution >= 0.6 is 11.6 Å². The lowest BCUT2D eigenvalue weighted by atomic mass is 10.2. The maximum Gasteiger partial charge on any atom is 0.242 e. The Labute approximate surface area is 123 Å². The van der Waals surface area contributed by atoms with Gasteiger partial charge in [0.05, 0.1) is 13.7 Å². The summed E-state index contributed by atoms with van der Waals surface area (Å²) in [5.41, 5.74) is 1.69. The average molecular weight is 291 g/mol. The van der Waals surface area contributed by atoms with Crippen LogP contribution in [0.3, 0.4) is 0 Å². The summed E-state index contributed by atoms with van der Waals surface area (Å²) in [5, 5.41) is 0. The molecule has 1 heterocycles. The molecule has 0 unspecified atom stereocenters. The molecule has 2 rings (SSSR count). The number of rotatable bonds is 5. The van der Waals surface area contributed by atoms with Crippen molar-refractivity contribution < 1.29 is 9.53 Å². The molecule has 0 aliphatic carbocycles. The van der Waals surface area contributed by atoms with Gasteiger partial charge in [0, 0.05) is 24.1 Å². The van der Waals surface area contributed by atoms with Crippen LogP contribution < -0.4 is 9.64 Å². The lowest BCUT2D eigenvalue weighted by molar-refractivity contribution is -0.116. The summed E-state index contributed by atoms with van der Waals surface area (Å²) in [4.78, 5) is 17.7. The molecule has 2 aromatic rings. The lowest BCUT2D eigenvalue weighted by Crippen LogP contribution is -2.31. The second kappa shape index (κ2) is 6.91. The zero-order valence-electron chi connectivity index (χ0n) is 11.1. The van der Waals surface area contributed by atoms with Crippen LogP contribution in [0.2, 0.25) is 0 Å². The van der Waals surface area contributed by atoms with E-state index < -0.39 is 0 Å². The normalized spacial score (nSPS) is 10.1. The van der Waals surface area contributed by atoms with Gasteiger partial charge in [0.2, 0.25) is 5.91 Å². The topological polar surface area (TPSA) is 42.4 Å². The molecule has 5 heteroatoms. The number of methoxy groups -OCH3 is 1. The highest BCUT2D eigenvalue weighted by atomic mass is 35.5. The van der Waals surface area contributed by atoms with Gasteiger partial charge < -0.3 is 9.64 Å². The standard InChI is InChI=1S/C15H15ClN2O2/c1-20-14-6-2-5-13(8-14)18(15(19)9-16)11-12-4-3-7-17-10-12/h2-8,10H,9,11H2,1H3. The zero-order valence-corrected chi connectivity index (χ0v) is 11.9. The summed E-state index contributed by atoms with van der Waals surface area (Å²) in [5.74, 6) is 0.460. The van der Waals surface area contributed by atoms with Crippen LogP contribution in [0, 0.1) is 0 Å². The quantitative estimate of drug-likeness (QED) is 0.795. The Kier molecular flexibility index (Phi) is 4.96. The highest BCUT2D eigenvalue weighted by Gasteiger charge is 2.15. The van der Waals surface area contributed by atoms with E-state index in [1.54, 1.807) is 30.5 Å². The van der Waals surface area contributed by atoms with Crippen LogP contribution in [0.1, 0.15) is 5.56 Å². The summed E-state index contributed by atoms with van der Waals surface area (Å²) in [6.45, 7) is 0.423. The number of pyridine rings is 1. The summed E-state index contributed by atoms with van der Waals surface area (Å²) in [7, 11) is 1.59. The number of halogens is 1. The van der Waals surface area contributed by atoms with Gasteiger partial charge in [-0.3, -0.25) is 9.78 Å². The molecule has 0 saturated heterocycles. The highest BCUT2D eigenvalue weighted by molar-refractivity contribution is 6.29. The fourth-order valence-corrected chi connectivity index (χ4v) is 1.99. The number of carbonyl (C=O) groups excluding carboxylic acids is 1. The Morgan fingerprint density at radius 3 is 2.85 bits per heavy atom. The van der Waals surface area contributed by atoms with E-state index >= 15 is 0 Å². The largest absolute Gasteiger partial charge is 0.497 e. The van der Waals surface area contributed by atoms with Crippen molar-refractivity contribution in [2.75, 3.05) is 17.9 Å². The number of aromatic nitrogens is 1. The molecule has 0 bridgehead atoms. The molecule has 0 atom stereocenters. The van der Waals surface area contributed by atoms with E-state index in [-0.39, 0.29) is 11.8 Å². The van der Waals surface area contributed by atoms with Gasteiger partial charge in [-0.1, -0.05) is 12.1 Å². The molecule has 104 valence electrons. The molecule has 0 spiro atoms. The number of carbonyl (C=O) groups is 1. The average Bonchev–Trinajstić information content (AvgIpc) is 2.53. The number of amides is 1. The van der Waals surface area contributed by atoms with Crippen molar-refractivity contribution in [2.24, 2.45) is 0 Å².